The van der Waals surface area contributed by atoms with E-state index in [1.165, 1.54) is 11.1 Å². The van der Waals surface area contributed by atoms with E-state index in [0.29, 0.717) is 0 Å². The van der Waals surface area contributed by atoms with Crippen LogP contribution in [0.1, 0.15) is 40.0 Å². The van der Waals surface area contributed by atoms with Crippen LogP contribution in [-0.2, 0) is 14.3 Å². The van der Waals surface area contributed by atoms with Crippen molar-refractivity contribution in [2.24, 2.45) is 11.8 Å². The van der Waals surface area contributed by atoms with Gasteiger partial charge < -0.3 is 9.84 Å². The first-order valence-corrected chi connectivity index (χ1v) is 12.3. The molecule has 0 aliphatic heterocycles. The van der Waals surface area contributed by atoms with Crippen LogP contribution in [0, 0.1) is 11.8 Å². The topological polar surface area (TPSA) is 63.6 Å². The van der Waals surface area contributed by atoms with Crippen LogP contribution in [0.5, 0.6) is 0 Å². The summed E-state index contributed by atoms with van der Waals surface area (Å²) >= 11 is 0. The molecule has 0 spiro atoms. The Labute approximate surface area is 210 Å². The number of esters is 1. The molecule has 2 aliphatic carbocycles. The Hall–Kier alpha value is -4.18. The molecule has 36 heavy (non-hydrogen) atoms. The summed E-state index contributed by atoms with van der Waals surface area (Å²) in [7, 11) is 0. The molecule has 0 heterocycles. The lowest BCUT2D eigenvalue weighted by molar-refractivity contribution is -0.164. The van der Waals surface area contributed by atoms with E-state index >= 15 is 0 Å². The Morgan fingerprint density at radius 3 is 1.53 bits per heavy atom. The summed E-state index contributed by atoms with van der Waals surface area (Å²) in [6, 6.07) is 35.5. The highest BCUT2D eigenvalue weighted by molar-refractivity contribution is 5.85. The number of carboxylic acids is 1. The van der Waals surface area contributed by atoms with Crippen molar-refractivity contribution in [3.63, 3.8) is 0 Å². The predicted molar refractivity (Wildman–Crippen MR) is 138 cm³/mol. The monoisotopic (exact) mass is 474 g/mol. The molecular weight excluding hydrogens is 448 g/mol. The van der Waals surface area contributed by atoms with Crippen molar-refractivity contribution in [2.75, 3.05) is 6.61 Å². The number of fused-ring (bicyclic) bond motifs is 3. The number of carbonyl (C=O) groups excluding carboxylic acids is 1. The van der Waals surface area contributed by atoms with Crippen LogP contribution in [0.4, 0.5) is 0 Å². The fourth-order valence-electron chi connectivity index (χ4n) is 6.23. The van der Waals surface area contributed by atoms with E-state index in [1.54, 1.807) is 0 Å². The minimum absolute atomic E-state index is 0.0398. The van der Waals surface area contributed by atoms with Gasteiger partial charge in [0.05, 0.1) is 11.8 Å². The zero-order chi connectivity index (χ0) is 24.6. The van der Waals surface area contributed by atoms with Gasteiger partial charge in [-0.3, -0.25) is 9.59 Å². The van der Waals surface area contributed by atoms with Crippen LogP contribution in [0.15, 0.2) is 109 Å². The van der Waals surface area contributed by atoms with Crippen molar-refractivity contribution in [1.82, 2.24) is 0 Å². The Morgan fingerprint density at radius 1 is 0.611 bits per heavy atom. The molecule has 1 N–H and O–H groups in total. The Morgan fingerprint density at radius 2 is 1.06 bits per heavy atom. The molecule has 0 aromatic heterocycles. The van der Waals surface area contributed by atoms with Crippen LogP contribution < -0.4 is 0 Å². The van der Waals surface area contributed by atoms with Crippen molar-refractivity contribution in [1.29, 1.82) is 0 Å². The maximum absolute atomic E-state index is 13.7. The number of carboxylic acid groups (broad SMARTS) is 1. The number of hydrogen-bond acceptors (Lipinski definition) is 3. The Kier molecular flexibility index (Phi) is 5.65. The number of hydrogen-bond donors (Lipinski definition) is 1. The second-order valence-corrected chi connectivity index (χ2v) is 9.62. The molecule has 1 saturated carbocycles. The molecule has 6 rings (SSSR count). The minimum atomic E-state index is -0.889. The molecule has 178 valence electrons. The fraction of sp³-hybridized carbons (Fsp3) is 0.188. The largest absolute Gasteiger partial charge is 0.481 e. The summed E-state index contributed by atoms with van der Waals surface area (Å²) in [4.78, 5) is 26.1. The average Bonchev–Trinajstić information content (AvgIpc) is 3.22. The van der Waals surface area contributed by atoms with E-state index < -0.39 is 29.6 Å². The van der Waals surface area contributed by atoms with Crippen molar-refractivity contribution in [3.8, 4) is 11.1 Å². The summed E-state index contributed by atoms with van der Waals surface area (Å²) < 4.78 is 6.04. The highest BCUT2D eigenvalue weighted by Gasteiger charge is 2.59. The van der Waals surface area contributed by atoms with Gasteiger partial charge in [0.1, 0.15) is 6.61 Å². The highest BCUT2D eigenvalue weighted by atomic mass is 16.5. The summed E-state index contributed by atoms with van der Waals surface area (Å²) in [6.07, 6.45) is 0. The second-order valence-electron chi connectivity index (χ2n) is 9.62. The van der Waals surface area contributed by atoms with Gasteiger partial charge in [-0.2, -0.15) is 0 Å². The van der Waals surface area contributed by atoms with Gasteiger partial charge in [-0.1, -0.05) is 109 Å². The Bertz CT molecular complexity index is 1320. The molecule has 4 nitrogen and oxygen atoms in total. The molecule has 0 saturated heterocycles. The fourth-order valence-corrected chi connectivity index (χ4v) is 6.23. The third-order valence-corrected chi connectivity index (χ3v) is 7.83. The third kappa shape index (κ3) is 3.61. The van der Waals surface area contributed by atoms with Crippen molar-refractivity contribution in [2.45, 2.75) is 17.8 Å². The first kappa shape index (κ1) is 22.3. The summed E-state index contributed by atoms with van der Waals surface area (Å²) in [5.74, 6) is -3.41. The summed E-state index contributed by atoms with van der Waals surface area (Å²) in [6.45, 7) is 0.226. The SMILES string of the molecule is O=C(O)[C@H]1[C@H](c2ccccc2)[C@H](C(=O)OCC2c3ccccc3-c3ccccc32)[C@H]1c1ccccc1. The molecule has 0 amide bonds. The van der Waals surface area contributed by atoms with Crippen molar-refractivity contribution >= 4 is 11.9 Å². The first-order valence-electron chi connectivity index (χ1n) is 12.3. The van der Waals surface area contributed by atoms with Gasteiger partial charge >= 0.3 is 11.9 Å². The second kappa shape index (κ2) is 9.12. The first-order chi connectivity index (χ1) is 17.6. The van der Waals surface area contributed by atoms with Gasteiger partial charge in [-0.05, 0) is 33.4 Å². The smallest absolute Gasteiger partial charge is 0.310 e. The van der Waals surface area contributed by atoms with Crippen LogP contribution >= 0.6 is 0 Å². The van der Waals surface area contributed by atoms with Crippen LogP contribution in [0.3, 0.4) is 0 Å². The van der Waals surface area contributed by atoms with Gasteiger partial charge in [0, 0.05) is 17.8 Å². The lowest BCUT2D eigenvalue weighted by Crippen LogP contribution is -2.51. The van der Waals surface area contributed by atoms with Crippen LogP contribution in [0.25, 0.3) is 11.1 Å². The third-order valence-electron chi connectivity index (χ3n) is 7.83. The zero-order valence-electron chi connectivity index (χ0n) is 19.7. The summed E-state index contributed by atoms with van der Waals surface area (Å²) in [5, 5.41) is 10.2. The number of benzene rings is 4. The standard InChI is InChI=1S/C32H26O4/c33-31(34)29-27(20-11-3-1-4-12-20)30(28(29)21-13-5-2-6-14-21)32(35)36-19-26-24-17-9-7-15-22(24)23-16-8-10-18-25(23)26/h1-18,26-30H,19H2,(H,33,34)/t27-,28-,29-,30-/m0/s1. The molecule has 4 heteroatoms. The number of ether oxygens (including phenoxy) is 1. The van der Waals surface area contributed by atoms with Gasteiger partial charge in [-0.15, -0.1) is 0 Å². The van der Waals surface area contributed by atoms with Gasteiger partial charge in [0.2, 0.25) is 0 Å². The van der Waals surface area contributed by atoms with E-state index in [9.17, 15) is 14.7 Å². The van der Waals surface area contributed by atoms with Gasteiger partial charge in [-0.25, -0.2) is 0 Å². The van der Waals surface area contributed by atoms with E-state index in [-0.39, 0.29) is 18.5 Å². The van der Waals surface area contributed by atoms with E-state index in [1.807, 2.05) is 84.9 Å². The molecule has 4 aromatic rings. The number of carbonyl (C=O) groups is 2. The van der Waals surface area contributed by atoms with Gasteiger partial charge in [0.15, 0.2) is 0 Å². The summed E-state index contributed by atoms with van der Waals surface area (Å²) in [5.41, 5.74) is 6.37. The molecular formula is C32H26O4. The van der Waals surface area contributed by atoms with Crippen LogP contribution in [-0.4, -0.2) is 23.7 Å². The molecule has 0 unspecified atom stereocenters. The minimum Gasteiger partial charge on any atom is -0.481 e. The predicted octanol–water partition coefficient (Wildman–Crippen LogP) is 6.24. The maximum Gasteiger partial charge on any atom is 0.310 e. The molecule has 4 aromatic carbocycles. The molecule has 2 atom stereocenters. The average molecular weight is 475 g/mol. The van der Waals surface area contributed by atoms with Crippen molar-refractivity contribution < 1.29 is 19.4 Å². The number of rotatable bonds is 6. The number of aliphatic carboxylic acids is 1. The maximum atomic E-state index is 13.7. The van der Waals surface area contributed by atoms with Crippen LogP contribution in [0.2, 0.25) is 0 Å². The van der Waals surface area contributed by atoms with E-state index in [4.69, 9.17) is 4.74 Å². The molecule has 0 radical (unpaired) electrons. The highest BCUT2D eigenvalue weighted by Crippen LogP contribution is 2.58. The lowest BCUT2D eigenvalue weighted by atomic mass is 9.52. The normalized spacial score (nSPS) is 22.2. The van der Waals surface area contributed by atoms with E-state index in [0.717, 1.165) is 22.3 Å². The zero-order valence-corrected chi connectivity index (χ0v) is 19.7. The van der Waals surface area contributed by atoms with Crippen molar-refractivity contribution in [3.05, 3.63) is 131 Å². The van der Waals surface area contributed by atoms with E-state index in [2.05, 4.69) is 24.3 Å². The molecule has 1 fully saturated rings. The van der Waals surface area contributed by atoms with Gasteiger partial charge in [0.25, 0.3) is 0 Å². The Balaban J connectivity index is 1.32. The quantitative estimate of drug-likeness (QED) is 0.336. The lowest BCUT2D eigenvalue weighted by Gasteiger charge is -2.49. The molecule has 0 bridgehead atoms. The molecule has 2 aliphatic rings.